The van der Waals surface area contributed by atoms with Crippen LogP contribution in [0.3, 0.4) is 0 Å². The summed E-state index contributed by atoms with van der Waals surface area (Å²) in [5, 5.41) is 4.68. The number of ether oxygens (including phenoxy) is 1. The molecule has 0 saturated carbocycles. The molecule has 7 aromatic rings. The van der Waals surface area contributed by atoms with Gasteiger partial charge in [0.05, 0.1) is 11.1 Å². The van der Waals surface area contributed by atoms with Crippen LogP contribution in [0, 0.1) is 19.1 Å². The van der Waals surface area contributed by atoms with Crippen LogP contribution in [0.15, 0.2) is 84.0 Å². The van der Waals surface area contributed by atoms with Crippen molar-refractivity contribution in [2.75, 3.05) is 6.61 Å². The smallest absolute Gasteiger partial charge is 0.518 e. The molecule has 0 aliphatic carbocycles. The Balaban J connectivity index is 0.00000364. The minimum atomic E-state index is -0.256. The summed E-state index contributed by atoms with van der Waals surface area (Å²) < 4.78 is 10.7. The molecule has 3 aromatic heterocycles. The third-order valence-electron chi connectivity index (χ3n) is 9.43. The molecule has 0 N–H and O–H groups in total. The van der Waals surface area contributed by atoms with Gasteiger partial charge in [-0.3, -0.25) is 4.99 Å². The maximum Gasteiger partial charge on any atom is 2.00 e. The molecule has 1 aliphatic rings. The van der Waals surface area contributed by atoms with E-state index in [0.717, 1.165) is 49.9 Å². The van der Waals surface area contributed by atoms with Crippen LogP contribution in [0.1, 0.15) is 76.6 Å². The van der Waals surface area contributed by atoms with Gasteiger partial charge in [0.15, 0.2) is 0 Å². The van der Waals surface area contributed by atoms with Gasteiger partial charge in [-0.05, 0) is 79.1 Å². The number of hydrogen-bond donors (Lipinski definition) is 0. The Labute approximate surface area is 296 Å². The van der Waals surface area contributed by atoms with Crippen molar-refractivity contribution < 1.29 is 25.8 Å². The van der Waals surface area contributed by atoms with E-state index in [1.165, 1.54) is 27.5 Å². The van der Waals surface area contributed by atoms with E-state index in [1.807, 2.05) is 12.3 Å². The molecule has 0 fully saturated rings. The number of aryl methyl sites for hydroxylation is 1. The Kier molecular flexibility index (Phi) is 7.71. The second-order valence-corrected chi connectivity index (χ2v) is 15.0. The molecule has 0 saturated heterocycles. The van der Waals surface area contributed by atoms with Gasteiger partial charge < -0.3 is 13.9 Å². The Morgan fingerprint density at radius 2 is 1.56 bits per heavy atom. The van der Waals surface area contributed by atoms with E-state index in [2.05, 4.69) is 143 Å². The fourth-order valence-electron chi connectivity index (χ4n) is 6.85. The fraction of sp³-hybridized carbons (Fsp3) is 0.286. The van der Waals surface area contributed by atoms with Gasteiger partial charge >= 0.3 is 21.1 Å². The van der Waals surface area contributed by atoms with Crippen LogP contribution in [0.4, 0.5) is 0 Å². The summed E-state index contributed by atoms with van der Waals surface area (Å²) in [6.07, 6.45) is 1.88. The third-order valence-corrected chi connectivity index (χ3v) is 9.43. The van der Waals surface area contributed by atoms with Crippen LogP contribution < -0.4 is 0 Å². The first-order valence-electron chi connectivity index (χ1n) is 16.6. The molecular weight excluding hydrogens is 772 g/mol. The van der Waals surface area contributed by atoms with Gasteiger partial charge in [-0.2, -0.15) is 6.07 Å². The quantitative estimate of drug-likeness (QED) is 0.166. The van der Waals surface area contributed by atoms with E-state index < -0.39 is 0 Å². The second-order valence-electron chi connectivity index (χ2n) is 15.0. The molecule has 0 atom stereocenters. The number of hydrogen-bond acceptors (Lipinski definition) is 3. The zero-order chi connectivity index (χ0) is 32.8. The second kappa shape index (κ2) is 11.4. The van der Waals surface area contributed by atoms with Crippen molar-refractivity contribution in [2.24, 2.45) is 4.99 Å². The normalized spacial score (nSPS) is 14.6. The average molecular weight is 812 g/mol. The van der Waals surface area contributed by atoms with Crippen molar-refractivity contribution in [1.29, 1.82) is 0 Å². The first-order valence-corrected chi connectivity index (χ1v) is 16.6. The Morgan fingerprint density at radius 3 is 2.29 bits per heavy atom. The molecule has 8 rings (SSSR count). The van der Waals surface area contributed by atoms with Gasteiger partial charge in [-0.15, -0.1) is 41.3 Å². The summed E-state index contributed by atoms with van der Waals surface area (Å²) in [6, 6.07) is 34.2. The summed E-state index contributed by atoms with van der Waals surface area (Å²) in [6.45, 7) is 18.2. The first kappa shape index (κ1) is 32.3. The van der Waals surface area contributed by atoms with Crippen molar-refractivity contribution >= 4 is 49.6 Å². The molecule has 244 valence electrons. The molecule has 5 nitrogen and oxygen atoms in total. The molecular formula is C42H40N4OPt. The molecule has 6 heteroatoms. The van der Waals surface area contributed by atoms with Crippen LogP contribution in [0.5, 0.6) is 0 Å². The Morgan fingerprint density at radius 1 is 0.812 bits per heavy atom. The van der Waals surface area contributed by atoms with Crippen molar-refractivity contribution in [1.82, 2.24) is 14.1 Å². The summed E-state index contributed by atoms with van der Waals surface area (Å²) in [4.78, 5) is 9.82. The van der Waals surface area contributed by atoms with Gasteiger partial charge in [-0.1, -0.05) is 75.1 Å². The molecule has 1 aliphatic heterocycles. The summed E-state index contributed by atoms with van der Waals surface area (Å²) >= 11 is 0. The van der Waals surface area contributed by atoms with Crippen LogP contribution in [0.25, 0.3) is 55.1 Å². The minimum absolute atomic E-state index is 0. The molecule has 4 heterocycles. The molecule has 4 aromatic carbocycles. The predicted molar refractivity (Wildman–Crippen MR) is 195 cm³/mol. The van der Waals surface area contributed by atoms with Crippen LogP contribution in [-0.2, 0) is 31.2 Å². The van der Waals surface area contributed by atoms with E-state index >= 15 is 0 Å². The van der Waals surface area contributed by atoms with Crippen LogP contribution in [-0.4, -0.2) is 32.2 Å². The predicted octanol–water partition coefficient (Wildman–Crippen LogP) is 10.2. The minimum Gasteiger partial charge on any atom is -0.518 e. The number of pyridine rings is 1. The summed E-state index contributed by atoms with van der Waals surface area (Å²) in [7, 11) is 0. The van der Waals surface area contributed by atoms with Gasteiger partial charge in [0, 0.05) is 22.5 Å². The van der Waals surface area contributed by atoms with Crippen LogP contribution in [0.2, 0.25) is 0 Å². The first-order chi connectivity index (χ1) is 22.4. The van der Waals surface area contributed by atoms with Gasteiger partial charge in [0.25, 0.3) is 0 Å². The topological polar surface area (TPSA) is 44.3 Å². The summed E-state index contributed by atoms with van der Waals surface area (Å²) in [5.74, 6) is 0.972. The third kappa shape index (κ3) is 5.28. The standard InChI is InChI=1S/C42H40N4O.Pt/c1-25(2)27-19-28(40-44-42(7,8)24-47-40)21-31(20-27)45-36-15-11-26(3)18-34(36)32-14-13-30(23-38(32)45)46-37-16-12-29(41(4,5)6)22-35(37)33-10-9-17-43-39(33)46;/h9-20,22,25H,24H2,1-8H3;/q-2;+2. The molecule has 0 unspecified atom stereocenters. The zero-order valence-corrected chi connectivity index (χ0v) is 31.1. The van der Waals surface area contributed by atoms with E-state index in [-0.39, 0.29) is 32.0 Å². The average Bonchev–Trinajstić information content (AvgIpc) is 3.68. The molecule has 0 bridgehead atoms. The number of nitrogens with zero attached hydrogens (tertiary/aromatic N) is 4. The van der Waals surface area contributed by atoms with E-state index in [0.29, 0.717) is 18.4 Å². The van der Waals surface area contributed by atoms with Crippen molar-refractivity contribution in [3.8, 4) is 11.4 Å². The van der Waals surface area contributed by atoms with Crippen molar-refractivity contribution in [3.63, 3.8) is 0 Å². The van der Waals surface area contributed by atoms with Crippen molar-refractivity contribution in [2.45, 2.75) is 72.3 Å². The largest absolute Gasteiger partial charge is 2.00 e. The number of benzene rings is 4. The van der Waals surface area contributed by atoms with Gasteiger partial charge in [-0.25, -0.2) is 4.98 Å². The summed E-state index contributed by atoms with van der Waals surface area (Å²) in [5.41, 5.74) is 10.5. The fourth-order valence-corrected chi connectivity index (χ4v) is 6.85. The van der Waals surface area contributed by atoms with E-state index in [4.69, 9.17) is 14.7 Å². The number of rotatable bonds is 4. The number of fused-ring (bicyclic) bond motifs is 6. The monoisotopic (exact) mass is 811 g/mol. The Hall–Kier alpha value is -4.21. The van der Waals surface area contributed by atoms with Gasteiger partial charge in [0.2, 0.25) is 0 Å². The van der Waals surface area contributed by atoms with Crippen molar-refractivity contribution in [3.05, 3.63) is 113 Å². The van der Waals surface area contributed by atoms with Crippen LogP contribution >= 0.6 is 0 Å². The van der Waals surface area contributed by atoms with Gasteiger partial charge in [0.1, 0.15) is 18.2 Å². The molecule has 0 spiro atoms. The SMILES string of the molecule is Cc1ccc2c(c1)c1ccc(-n3c4ccc(C(C)(C)C)cc4c4cccnc43)[c-]c1n2-c1[c-]c(C2=NC(C)(C)CO2)cc(C(C)C)c1.[Pt+2]. The zero-order valence-electron chi connectivity index (χ0n) is 28.8. The number of aliphatic imine (C=N–C) groups is 1. The molecule has 0 radical (unpaired) electrons. The Bertz CT molecular complexity index is 2420. The van der Waals surface area contributed by atoms with E-state index in [1.54, 1.807) is 0 Å². The maximum absolute atomic E-state index is 6.12. The molecule has 0 amide bonds. The molecule has 48 heavy (non-hydrogen) atoms. The van der Waals surface area contributed by atoms with E-state index in [9.17, 15) is 0 Å². The maximum atomic E-state index is 6.12. The number of aromatic nitrogens is 3.